The highest BCUT2D eigenvalue weighted by Crippen LogP contribution is 2.32. The van der Waals surface area contributed by atoms with Gasteiger partial charge in [0, 0.05) is 0 Å². The minimum atomic E-state index is -4.60. The molecule has 2 atom stereocenters. The van der Waals surface area contributed by atoms with Crippen LogP contribution in [0.5, 0.6) is 0 Å². The second-order valence-electron chi connectivity index (χ2n) is 4.87. The monoisotopic (exact) mass is 324 g/mol. The Hall–Kier alpha value is -1.08. The Morgan fingerprint density at radius 1 is 1.24 bits per heavy atom. The van der Waals surface area contributed by atoms with Crippen molar-refractivity contribution >= 4 is 9.84 Å². The van der Waals surface area contributed by atoms with Crippen LogP contribution in [-0.4, -0.2) is 24.9 Å². The Morgan fingerprint density at radius 2 is 1.86 bits per heavy atom. The van der Waals surface area contributed by atoms with Crippen LogP contribution in [0.2, 0.25) is 0 Å². The lowest BCUT2D eigenvalue weighted by Crippen LogP contribution is -2.33. The Labute approximate surface area is 122 Å². The van der Waals surface area contributed by atoms with Gasteiger partial charge in [-0.1, -0.05) is 26.3 Å². The molecule has 0 saturated carbocycles. The Bertz CT molecular complexity index is 567. The quantitative estimate of drug-likeness (QED) is 0.872. The Kier molecular flexibility index (Phi) is 5.81. The summed E-state index contributed by atoms with van der Waals surface area (Å²) >= 11 is 0. The standard InChI is InChI=1S/C14H19F3O3S/c1-3-6-12(18)13(4-2)21(19,20)11-8-5-7-10(9-11)14(15,16)17/h5,7-9,12-13,18H,3-4,6H2,1-2H3. The lowest BCUT2D eigenvalue weighted by atomic mass is 10.1. The fraction of sp³-hybridized carbons (Fsp3) is 0.571. The Balaban J connectivity index is 3.23. The van der Waals surface area contributed by atoms with E-state index in [0.29, 0.717) is 12.5 Å². The summed E-state index contributed by atoms with van der Waals surface area (Å²) in [6, 6.07) is 3.64. The van der Waals surface area contributed by atoms with E-state index in [4.69, 9.17) is 0 Å². The van der Waals surface area contributed by atoms with Crippen LogP contribution in [0, 0.1) is 0 Å². The van der Waals surface area contributed by atoms with Gasteiger partial charge in [-0.3, -0.25) is 0 Å². The molecule has 0 aromatic heterocycles. The molecule has 1 rings (SSSR count). The molecule has 3 nitrogen and oxygen atoms in total. The van der Waals surface area contributed by atoms with Crippen LogP contribution < -0.4 is 0 Å². The average Bonchev–Trinajstić information content (AvgIpc) is 2.38. The summed E-state index contributed by atoms with van der Waals surface area (Å²) in [5.41, 5.74) is -1.01. The summed E-state index contributed by atoms with van der Waals surface area (Å²) in [6.07, 6.45) is -4.67. The number of hydrogen-bond donors (Lipinski definition) is 1. The molecular weight excluding hydrogens is 305 g/mol. The summed E-state index contributed by atoms with van der Waals surface area (Å²) in [6.45, 7) is 3.39. The van der Waals surface area contributed by atoms with Crippen molar-refractivity contribution < 1.29 is 26.7 Å². The van der Waals surface area contributed by atoms with Crippen molar-refractivity contribution in [3.05, 3.63) is 29.8 Å². The molecule has 0 aliphatic carbocycles. The van der Waals surface area contributed by atoms with Gasteiger partial charge in [-0.2, -0.15) is 13.2 Å². The van der Waals surface area contributed by atoms with E-state index in [1.54, 1.807) is 13.8 Å². The highest BCUT2D eigenvalue weighted by molar-refractivity contribution is 7.92. The number of hydrogen-bond acceptors (Lipinski definition) is 3. The zero-order valence-electron chi connectivity index (χ0n) is 11.9. The van der Waals surface area contributed by atoms with Gasteiger partial charge in [-0.15, -0.1) is 0 Å². The fourth-order valence-electron chi connectivity index (χ4n) is 2.20. The second-order valence-corrected chi connectivity index (χ2v) is 7.04. The predicted molar refractivity (Wildman–Crippen MR) is 73.6 cm³/mol. The Morgan fingerprint density at radius 3 is 2.33 bits per heavy atom. The highest BCUT2D eigenvalue weighted by atomic mass is 32.2. The van der Waals surface area contributed by atoms with Gasteiger partial charge in [-0.05, 0) is 31.0 Å². The van der Waals surface area contributed by atoms with E-state index >= 15 is 0 Å². The topological polar surface area (TPSA) is 54.4 Å². The zero-order chi connectivity index (χ0) is 16.3. The number of aliphatic hydroxyl groups excluding tert-OH is 1. The van der Waals surface area contributed by atoms with E-state index in [1.807, 2.05) is 0 Å². The van der Waals surface area contributed by atoms with Crippen LogP contribution in [0.4, 0.5) is 13.2 Å². The molecule has 2 unspecified atom stereocenters. The van der Waals surface area contributed by atoms with Crippen molar-refractivity contribution in [1.29, 1.82) is 0 Å². The summed E-state index contributed by atoms with van der Waals surface area (Å²) < 4.78 is 62.9. The van der Waals surface area contributed by atoms with Gasteiger partial charge in [-0.25, -0.2) is 8.42 Å². The largest absolute Gasteiger partial charge is 0.416 e. The maximum Gasteiger partial charge on any atom is 0.416 e. The molecule has 0 fully saturated rings. The minimum absolute atomic E-state index is 0.139. The number of halogens is 3. The lowest BCUT2D eigenvalue weighted by molar-refractivity contribution is -0.137. The molecule has 0 aliphatic heterocycles. The van der Waals surface area contributed by atoms with E-state index in [1.165, 1.54) is 0 Å². The third-order valence-electron chi connectivity index (χ3n) is 3.30. The van der Waals surface area contributed by atoms with E-state index in [0.717, 1.165) is 18.2 Å². The van der Waals surface area contributed by atoms with Crippen LogP contribution >= 0.6 is 0 Å². The maximum absolute atomic E-state index is 12.7. The first-order valence-corrected chi connectivity index (χ1v) is 8.28. The van der Waals surface area contributed by atoms with Gasteiger partial charge < -0.3 is 5.11 Å². The fourth-order valence-corrected chi connectivity index (χ4v) is 4.10. The first-order chi connectivity index (χ1) is 9.64. The van der Waals surface area contributed by atoms with Gasteiger partial charge in [0.1, 0.15) is 0 Å². The molecule has 21 heavy (non-hydrogen) atoms. The van der Waals surface area contributed by atoms with Gasteiger partial charge >= 0.3 is 6.18 Å². The zero-order valence-corrected chi connectivity index (χ0v) is 12.7. The van der Waals surface area contributed by atoms with Crippen molar-refractivity contribution in [3.63, 3.8) is 0 Å². The first kappa shape index (κ1) is 18.0. The normalized spacial score (nSPS) is 15.7. The first-order valence-electron chi connectivity index (χ1n) is 6.73. The number of alkyl halides is 3. The van der Waals surface area contributed by atoms with Crippen molar-refractivity contribution in [2.24, 2.45) is 0 Å². The van der Waals surface area contributed by atoms with Crippen molar-refractivity contribution in [2.75, 3.05) is 0 Å². The van der Waals surface area contributed by atoms with Crippen LogP contribution in [0.15, 0.2) is 29.2 Å². The average molecular weight is 324 g/mol. The molecule has 0 bridgehead atoms. The SMILES string of the molecule is CCCC(O)C(CC)S(=O)(=O)c1cccc(C(F)(F)F)c1. The van der Waals surface area contributed by atoms with Gasteiger partial charge in [0.2, 0.25) is 0 Å². The number of aliphatic hydroxyl groups is 1. The predicted octanol–water partition coefficient (Wildman–Crippen LogP) is 3.42. The summed E-state index contributed by atoms with van der Waals surface area (Å²) in [5.74, 6) is 0. The van der Waals surface area contributed by atoms with Crippen LogP contribution in [-0.2, 0) is 16.0 Å². The van der Waals surface area contributed by atoms with Crippen molar-refractivity contribution in [2.45, 2.75) is 55.5 Å². The van der Waals surface area contributed by atoms with Crippen LogP contribution in [0.3, 0.4) is 0 Å². The molecular formula is C14H19F3O3S. The molecule has 0 amide bonds. The molecule has 0 radical (unpaired) electrons. The third-order valence-corrected chi connectivity index (χ3v) is 5.66. The van der Waals surface area contributed by atoms with E-state index in [2.05, 4.69) is 0 Å². The van der Waals surface area contributed by atoms with E-state index in [-0.39, 0.29) is 12.8 Å². The van der Waals surface area contributed by atoms with Crippen molar-refractivity contribution in [1.82, 2.24) is 0 Å². The van der Waals surface area contributed by atoms with Gasteiger partial charge in [0.05, 0.1) is 21.8 Å². The van der Waals surface area contributed by atoms with Crippen LogP contribution in [0.1, 0.15) is 38.7 Å². The smallest absolute Gasteiger partial charge is 0.392 e. The molecule has 0 spiro atoms. The third kappa shape index (κ3) is 4.20. The maximum atomic E-state index is 12.7. The van der Waals surface area contributed by atoms with Crippen molar-refractivity contribution in [3.8, 4) is 0 Å². The van der Waals surface area contributed by atoms with Gasteiger partial charge in [0.15, 0.2) is 9.84 Å². The number of benzene rings is 1. The summed E-state index contributed by atoms with van der Waals surface area (Å²) in [4.78, 5) is -0.403. The minimum Gasteiger partial charge on any atom is -0.392 e. The number of rotatable bonds is 6. The molecule has 1 aromatic carbocycles. The highest BCUT2D eigenvalue weighted by Gasteiger charge is 2.35. The molecule has 0 aliphatic rings. The lowest BCUT2D eigenvalue weighted by Gasteiger charge is -2.22. The molecule has 1 aromatic rings. The molecule has 120 valence electrons. The molecule has 0 saturated heterocycles. The second kappa shape index (κ2) is 6.79. The van der Waals surface area contributed by atoms with Gasteiger partial charge in [0.25, 0.3) is 0 Å². The molecule has 1 N–H and O–H groups in total. The number of sulfone groups is 1. The van der Waals surface area contributed by atoms with E-state index < -0.39 is 37.8 Å². The summed E-state index contributed by atoms with van der Waals surface area (Å²) in [5, 5.41) is 8.84. The van der Waals surface area contributed by atoms with E-state index in [9.17, 15) is 26.7 Å². The molecule has 7 heteroatoms. The summed E-state index contributed by atoms with van der Waals surface area (Å²) in [7, 11) is -4.01. The molecule has 0 heterocycles. The van der Waals surface area contributed by atoms with Crippen LogP contribution in [0.25, 0.3) is 0 Å².